The summed E-state index contributed by atoms with van der Waals surface area (Å²) in [6.07, 6.45) is 12.3. The molecule has 1 heteroatoms. The average molecular weight is 273 g/mol. The van der Waals surface area contributed by atoms with Gasteiger partial charge in [-0.1, -0.05) is 69.7 Å². The summed E-state index contributed by atoms with van der Waals surface area (Å²) in [4.78, 5) is 0. The van der Waals surface area contributed by atoms with E-state index in [2.05, 4.69) is 43.4 Å². The summed E-state index contributed by atoms with van der Waals surface area (Å²) in [7, 11) is 0. The lowest BCUT2D eigenvalue weighted by Crippen LogP contribution is -2.32. The van der Waals surface area contributed by atoms with Gasteiger partial charge < -0.3 is 5.32 Å². The molecule has 1 aromatic carbocycles. The van der Waals surface area contributed by atoms with Gasteiger partial charge in [-0.15, -0.1) is 0 Å². The second kappa shape index (κ2) is 8.46. The van der Waals surface area contributed by atoms with Crippen LogP contribution in [-0.4, -0.2) is 6.04 Å². The lowest BCUT2D eigenvalue weighted by Gasteiger charge is -2.25. The van der Waals surface area contributed by atoms with E-state index in [-0.39, 0.29) is 0 Å². The zero-order valence-electron chi connectivity index (χ0n) is 13.3. The molecule has 2 rings (SSSR count). The minimum atomic E-state index is 0.482. The molecule has 112 valence electrons. The van der Waals surface area contributed by atoms with Crippen LogP contribution in [0.15, 0.2) is 24.3 Å². The Bertz CT molecular complexity index is 360. The second-order valence-electron chi connectivity index (χ2n) is 6.42. The first-order chi connectivity index (χ1) is 9.79. The monoisotopic (exact) mass is 273 g/mol. The molecule has 0 amide bonds. The fraction of sp³-hybridized carbons (Fsp3) is 0.684. The fourth-order valence-electron chi connectivity index (χ4n) is 3.33. The summed E-state index contributed by atoms with van der Waals surface area (Å²) in [6, 6.07) is 10.4. The topological polar surface area (TPSA) is 12.0 Å². The molecular formula is C19H31N. The Morgan fingerprint density at radius 1 is 1.00 bits per heavy atom. The van der Waals surface area contributed by atoms with Gasteiger partial charge in [-0.3, -0.25) is 0 Å². The average Bonchev–Trinajstić information content (AvgIpc) is 2.43. The molecule has 1 saturated carbocycles. The first-order valence-electron chi connectivity index (χ1n) is 8.64. The van der Waals surface area contributed by atoms with Gasteiger partial charge in [0.15, 0.2) is 0 Å². The lowest BCUT2D eigenvalue weighted by atomic mass is 9.95. The maximum atomic E-state index is 3.85. The van der Waals surface area contributed by atoms with Crippen molar-refractivity contribution in [2.45, 2.75) is 83.7 Å². The Balaban J connectivity index is 1.87. The molecule has 0 spiro atoms. The Labute approximate surface area is 125 Å². The fourth-order valence-corrected chi connectivity index (χ4v) is 3.33. The van der Waals surface area contributed by atoms with Gasteiger partial charge in [0.05, 0.1) is 0 Å². The maximum Gasteiger partial charge on any atom is 0.0294 e. The van der Waals surface area contributed by atoms with Crippen LogP contribution in [0.3, 0.4) is 0 Å². The summed E-state index contributed by atoms with van der Waals surface area (Å²) >= 11 is 0. The predicted octanol–water partition coefficient (Wildman–Crippen LogP) is 5.40. The molecule has 1 atom stereocenters. The lowest BCUT2D eigenvalue weighted by molar-refractivity contribution is 0.363. The highest BCUT2D eigenvalue weighted by Crippen LogP contribution is 2.21. The minimum Gasteiger partial charge on any atom is -0.307 e. The molecule has 0 heterocycles. The molecule has 0 saturated heterocycles. The van der Waals surface area contributed by atoms with Gasteiger partial charge in [-0.05, 0) is 37.3 Å². The molecule has 1 fully saturated rings. The molecule has 1 unspecified atom stereocenters. The van der Waals surface area contributed by atoms with Crippen molar-refractivity contribution in [3.8, 4) is 0 Å². The smallest absolute Gasteiger partial charge is 0.0294 e. The third-order valence-electron chi connectivity index (χ3n) is 4.61. The number of benzene rings is 1. The number of hydrogen-bond donors (Lipinski definition) is 1. The first kappa shape index (κ1) is 15.6. The van der Waals surface area contributed by atoms with Gasteiger partial charge in [0.1, 0.15) is 0 Å². The highest BCUT2D eigenvalue weighted by Gasteiger charge is 2.14. The SMILES string of the molecule is CCCc1ccc(C(C)NC2CCCCCCC2)cc1. The molecule has 0 bridgehead atoms. The largest absolute Gasteiger partial charge is 0.307 e. The first-order valence-corrected chi connectivity index (χ1v) is 8.64. The third kappa shape index (κ3) is 4.94. The van der Waals surface area contributed by atoms with Gasteiger partial charge in [0, 0.05) is 12.1 Å². The molecule has 1 aliphatic carbocycles. The third-order valence-corrected chi connectivity index (χ3v) is 4.61. The van der Waals surface area contributed by atoms with Crippen molar-refractivity contribution in [2.75, 3.05) is 0 Å². The van der Waals surface area contributed by atoms with Crippen LogP contribution < -0.4 is 5.32 Å². The van der Waals surface area contributed by atoms with Crippen molar-refractivity contribution in [2.24, 2.45) is 0 Å². The Hall–Kier alpha value is -0.820. The zero-order valence-corrected chi connectivity index (χ0v) is 13.3. The molecule has 1 aromatic rings. The van der Waals surface area contributed by atoms with E-state index >= 15 is 0 Å². The molecule has 20 heavy (non-hydrogen) atoms. The van der Waals surface area contributed by atoms with E-state index in [1.165, 1.54) is 68.9 Å². The van der Waals surface area contributed by atoms with Crippen LogP contribution in [0, 0.1) is 0 Å². The van der Waals surface area contributed by atoms with E-state index in [0.29, 0.717) is 6.04 Å². The van der Waals surface area contributed by atoms with Crippen LogP contribution in [-0.2, 0) is 6.42 Å². The number of nitrogens with one attached hydrogen (secondary N) is 1. The molecule has 1 aliphatic rings. The van der Waals surface area contributed by atoms with Crippen molar-refractivity contribution in [1.82, 2.24) is 5.32 Å². The van der Waals surface area contributed by atoms with Crippen molar-refractivity contribution in [3.05, 3.63) is 35.4 Å². The van der Waals surface area contributed by atoms with E-state index in [1.807, 2.05) is 0 Å². The van der Waals surface area contributed by atoms with E-state index in [4.69, 9.17) is 0 Å². The standard InChI is InChI=1S/C19H31N/c1-3-9-17-12-14-18(15-13-17)16(2)20-19-10-7-5-4-6-8-11-19/h12-16,19-20H,3-11H2,1-2H3. The van der Waals surface area contributed by atoms with E-state index in [9.17, 15) is 0 Å². The van der Waals surface area contributed by atoms with Crippen LogP contribution >= 0.6 is 0 Å². The predicted molar refractivity (Wildman–Crippen MR) is 88.1 cm³/mol. The van der Waals surface area contributed by atoms with Crippen LogP contribution in [0.2, 0.25) is 0 Å². The summed E-state index contributed by atoms with van der Waals surface area (Å²) in [5, 5.41) is 3.85. The van der Waals surface area contributed by atoms with Crippen molar-refractivity contribution in [3.63, 3.8) is 0 Å². The van der Waals surface area contributed by atoms with Gasteiger partial charge in [-0.25, -0.2) is 0 Å². The molecule has 1 N–H and O–H groups in total. The molecule has 0 radical (unpaired) electrons. The van der Waals surface area contributed by atoms with E-state index < -0.39 is 0 Å². The molecular weight excluding hydrogens is 242 g/mol. The highest BCUT2D eigenvalue weighted by atomic mass is 14.9. The molecule has 0 aromatic heterocycles. The van der Waals surface area contributed by atoms with E-state index in [0.717, 1.165) is 6.04 Å². The molecule has 1 nitrogen and oxygen atoms in total. The van der Waals surface area contributed by atoms with Crippen LogP contribution in [0.5, 0.6) is 0 Å². The maximum absolute atomic E-state index is 3.85. The van der Waals surface area contributed by atoms with Crippen molar-refractivity contribution < 1.29 is 0 Å². The number of aryl methyl sites for hydroxylation is 1. The second-order valence-corrected chi connectivity index (χ2v) is 6.42. The summed E-state index contributed by atoms with van der Waals surface area (Å²) < 4.78 is 0. The van der Waals surface area contributed by atoms with Gasteiger partial charge in [0.2, 0.25) is 0 Å². The van der Waals surface area contributed by atoms with Crippen LogP contribution in [0.1, 0.15) is 82.4 Å². The molecule has 0 aliphatic heterocycles. The van der Waals surface area contributed by atoms with Crippen LogP contribution in [0.4, 0.5) is 0 Å². The quantitative estimate of drug-likeness (QED) is 0.757. The Kier molecular flexibility index (Phi) is 6.59. The Morgan fingerprint density at radius 3 is 2.20 bits per heavy atom. The highest BCUT2D eigenvalue weighted by molar-refractivity contribution is 5.24. The number of rotatable bonds is 5. The van der Waals surface area contributed by atoms with Crippen molar-refractivity contribution >= 4 is 0 Å². The van der Waals surface area contributed by atoms with Crippen LogP contribution in [0.25, 0.3) is 0 Å². The van der Waals surface area contributed by atoms with Crippen molar-refractivity contribution in [1.29, 1.82) is 0 Å². The zero-order chi connectivity index (χ0) is 14.2. The summed E-state index contributed by atoms with van der Waals surface area (Å²) in [6.45, 7) is 4.56. The normalized spacial score (nSPS) is 19.3. The van der Waals surface area contributed by atoms with E-state index in [1.54, 1.807) is 0 Å². The summed E-state index contributed by atoms with van der Waals surface area (Å²) in [5.41, 5.74) is 2.90. The Morgan fingerprint density at radius 2 is 1.60 bits per heavy atom. The van der Waals surface area contributed by atoms with Gasteiger partial charge in [-0.2, -0.15) is 0 Å². The summed E-state index contributed by atoms with van der Waals surface area (Å²) in [5.74, 6) is 0. The minimum absolute atomic E-state index is 0.482. The van der Waals surface area contributed by atoms with Gasteiger partial charge >= 0.3 is 0 Å². The number of hydrogen-bond acceptors (Lipinski definition) is 1. The van der Waals surface area contributed by atoms with Gasteiger partial charge in [0.25, 0.3) is 0 Å².